The third-order valence-corrected chi connectivity index (χ3v) is 4.99. The standard InChI is InChI=1S/C26H32N2O2/c27-19-17-23-9-13-25(14-10-23)29-21-7-5-3-1-2-4-6-8-22-30-26-15-11-24(12-16-26)18-20-28/h9-16H,1-8,17-18,21-22H2. The summed E-state index contributed by atoms with van der Waals surface area (Å²) in [5.41, 5.74) is 2.06. The van der Waals surface area contributed by atoms with E-state index in [0.29, 0.717) is 12.8 Å². The number of hydrogen-bond donors (Lipinski definition) is 0. The van der Waals surface area contributed by atoms with Gasteiger partial charge in [0, 0.05) is 0 Å². The first-order chi connectivity index (χ1) is 14.8. The number of ether oxygens (including phenoxy) is 2. The van der Waals surface area contributed by atoms with E-state index >= 15 is 0 Å². The van der Waals surface area contributed by atoms with E-state index in [0.717, 1.165) is 48.7 Å². The lowest BCUT2D eigenvalue weighted by atomic mass is 10.1. The molecule has 0 saturated heterocycles. The molecule has 0 saturated carbocycles. The zero-order valence-electron chi connectivity index (χ0n) is 17.8. The molecule has 0 radical (unpaired) electrons. The Morgan fingerprint density at radius 2 is 0.833 bits per heavy atom. The molecule has 2 aromatic carbocycles. The van der Waals surface area contributed by atoms with Crippen LogP contribution in [0.2, 0.25) is 0 Å². The van der Waals surface area contributed by atoms with E-state index in [1.807, 2.05) is 48.5 Å². The second kappa shape index (κ2) is 14.9. The highest BCUT2D eigenvalue weighted by atomic mass is 16.5. The Bertz CT molecular complexity index is 716. The van der Waals surface area contributed by atoms with Crippen LogP contribution in [0.3, 0.4) is 0 Å². The Morgan fingerprint density at radius 1 is 0.500 bits per heavy atom. The molecule has 0 fully saturated rings. The summed E-state index contributed by atoms with van der Waals surface area (Å²) in [5, 5.41) is 17.4. The number of nitrogens with zero attached hydrogens (tertiary/aromatic N) is 2. The van der Waals surface area contributed by atoms with Crippen molar-refractivity contribution in [3.8, 4) is 23.6 Å². The molecule has 0 unspecified atom stereocenters. The third-order valence-electron chi connectivity index (χ3n) is 4.99. The van der Waals surface area contributed by atoms with Crippen molar-refractivity contribution in [1.29, 1.82) is 10.5 Å². The van der Waals surface area contributed by atoms with Crippen molar-refractivity contribution in [3.63, 3.8) is 0 Å². The van der Waals surface area contributed by atoms with Crippen LogP contribution in [-0.2, 0) is 12.8 Å². The lowest BCUT2D eigenvalue weighted by molar-refractivity contribution is 0.301. The molecular formula is C26H32N2O2. The van der Waals surface area contributed by atoms with Gasteiger partial charge in [-0.3, -0.25) is 0 Å². The smallest absolute Gasteiger partial charge is 0.119 e. The summed E-state index contributed by atoms with van der Waals surface area (Å²) in [4.78, 5) is 0. The highest BCUT2D eigenvalue weighted by Gasteiger charge is 1.98. The van der Waals surface area contributed by atoms with Crippen molar-refractivity contribution in [3.05, 3.63) is 59.7 Å². The first-order valence-electron chi connectivity index (χ1n) is 11.0. The molecule has 0 aromatic heterocycles. The van der Waals surface area contributed by atoms with Crippen molar-refractivity contribution < 1.29 is 9.47 Å². The average molecular weight is 405 g/mol. The van der Waals surface area contributed by atoms with Gasteiger partial charge in [-0.15, -0.1) is 0 Å². The molecule has 0 atom stereocenters. The second-order valence-corrected chi connectivity index (χ2v) is 7.48. The van der Waals surface area contributed by atoms with E-state index in [1.165, 1.54) is 38.5 Å². The van der Waals surface area contributed by atoms with Crippen molar-refractivity contribution in [1.82, 2.24) is 0 Å². The second-order valence-electron chi connectivity index (χ2n) is 7.48. The zero-order chi connectivity index (χ0) is 21.3. The van der Waals surface area contributed by atoms with Crippen LogP contribution in [0, 0.1) is 22.7 Å². The van der Waals surface area contributed by atoms with E-state index in [4.69, 9.17) is 20.0 Å². The van der Waals surface area contributed by atoms with Gasteiger partial charge < -0.3 is 9.47 Å². The third kappa shape index (κ3) is 9.99. The molecule has 2 aromatic rings. The van der Waals surface area contributed by atoms with E-state index in [1.54, 1.807) is 0 Å². The molecule has 158 valence electrons. The lowest BCUT2D eigenvalue weighted by Crippen LogP contribution is -1.98. The van der Waals surface area contributed by atoms with Crippen LogP contribution in [0.4, 0.5) is 0 Å². The largest absolute Gasteiger partial charge is 0.494 e. The summed E-state index contributed by atoms with van der Waals surface area (Å²) in [5.74, 6) is 1.77. The first-order valence-corrected chi connectivity index (χ1v) is 11.0. The normalized spacial score (nSPS) is 10.2. The van der Waals surface area contributed by atoms with E-state index in [-0.39, 0.29) is 0 Å². The maximum atomic E-state index is 8.68. The van der Waals surface area contributed by atoms with Crippen LogP contribution in [0.15, 0.2) is 48.5 Å². The van der Waals surface area contributed by atoms with Crippen LogP contribution in [0.5, 0.6) is 11.5 Å². The Hall–Kier alpha value is -2.98. The van der Waals surface area contributed by atoms with Crippen molar-refractivity contribution in [2.75, 3.05) is 13.2 Å². The van der Waals surface area contributed by atoms with Gasteiger partial charge in [-0.2, -0.15) is 10.5 Å². The molecule has 0 aliphatic rings. The molecular weight excluding hydrogens is 372 g/mol. The molecule has 0 heterocycles. The van der Waals surface area contributed by atoms with Gasteiger partial charge in [0.1, 0.15) is 11.5 Å². The van der Waals surface area contributed by atoms with Crippen molar-refractivity contribution in [2.45, 2.75) is 64.2 Å². The number of benzene rings is 2. The Balaban J connectivity index is 1.38. The average Bonchev–Trinajstić information content (AvgIpc) is 2.77. The molecule has 30 heavy (non-hydrogen) atoms. The summed E-state index contributed by atoms with van der Waals surface area (Å²) in [6, 6.07) is 19.9. The first kappa shape index (κ1) is 23.3. The molecule has 0 aliphatic heterocycles. The highest BCUT2D eigenvalue weighted by molar-refractivity contribution is 5.29. The number of rotatable bonds is 15. The maximum absolute atomic E-state index is 8.68. The van der Waals surface area contributed by atoms with Gasteiger partial charge in [-0.05, 0) is 48.2 Å². The summed E-state index contributed by atoms with van der Waals surface area (Å²) in [6.45, 7) is 1.51. The molecule has 0 amide bonds. The monoisotopic (exact) mass is 404 g/mol. The van der Waals surface area contributed by atoms with E-state index in [2.05, 4.69) is 12.1 Å². The summed E-state index contributed by atoms with van der Waals surface area (Å²) < 4.78 is 11.5. The molecule has 0 aliphatic carbocycles. The quantitative estimate of drug-likeness (QED) is 0.322. The molecule has 4 nitrogen and oxygen atoms in total. The van der Waals surface area contributed by atoms with Gasteiger partial charge in [0.15, 0.2) is 0 Å². The molecule has 2 rings (SSSR count). The van der Waals surface area contributed by atoms with Gasteiger partial charge in [0.2, 0.25) is 0 Å². The van der Waals surface area contributed by atoms with Gasteiger partial charge in [-0.25, -0.2) is 0 Å². The van der Waals surface area contributed by atoms with Crippen LogP contribution < -0.4 is 9.47 Å². The predicted octanol–water partition coefficient (Wildman–Crippen LogP) is 6.40. The maximum Gasteiger partial charge on any atom is 0.119 e. The van der Waals surface area contributed by atoms with E-state index in [9.17, 15) is 0 Å². The fourth-order valence-electron chi connectivity index (χ4n) is 3.23. The fourth-order valence-corrected chi connectivity index (χ4v) is 3.23. The summed E-state index contributed by atoms with van der Waals surface area (Å²) >= 11 is 0. The van der Waals surface area contributed by atoms with Crippen LogP contribution in [0.25, 0.3) is 0 Å². The topological polar surface area (TPSA) is 66.0 Å². The SMILES string of the molecule is N#CCc1ccc(OCCCCCCCCCCOc2ccc(CC#N)cc2)cc1. The summed E-state index contributed by atoms with van der Waals surface area (Å²) in [7, 11) is 0. The number of nitriles is 2. The lowest BCUT2D eigenvalue weighted by Gasteiger charge is -2.07. The van der Waals surface area contributed by atoms with Gasteiger partial charge >= 0.3 is 0 Å². The van der Waals surface area contributed by atoms with Crippen molar-refractivity contribution >= 4 is 0 Å². The molecule has 0 spiro atoms. The minimum absolute atomic E-state index is 0.450. The minimum Gasteiger partial charge on any atom is -0.494 e. The fraction of sp³-hybridized carbons (Fsp3) is 0.462. The van der Waals surface area contributed by atoms with Crippen LogP contribution in [-0.4, -0.2) is 13.2 Å². The van der Waals surface area contributed by atoms with E-state index < -0.39 is 0 Å². The van der Waals surface area contributed by atoms with Gasteiger partial charge in [-0.1, -0.05) is 62.8 Å². The molecule has 0 bridgehead atoms. The predicted molar refractivity (Wildman–Crippen MR) is 119 cm³/mol. The van der Waals surface area contributed by atoms with Crippen molar-refractivity contribution in [2.24, 2.45) is 0 Å². The molecule has 0 N–H and O–H groups in total. The highest BCUT2D eigenvalue weighted by Crippen LogP contribution is 2.15. The van der Waals surface area contributed by atoms with Crippen LogP contribution >= 0.6 is 0 Å². The Kier molecular flexibility index (Phi) is 11.6. The van der Waals surface area contributed by atoms with Gasteiger partial charge in [0.25, 0.3) is 0 Å². The number of unbranched alkanes of at least 4 members (excludes halogenated alkanes) is 7. The minimum atomic E-state index is 0.450. The summed E-state index contributed by atoms with van der Waals surface area (Å²) in [6.07, 6.45) is 10.6. The zero-order valence-corrected chi connectivity index (χ0v) is 17.8. The molecule has 4 heteroatoms. The Labute approximate surface area is 181 Å². The number of hydrogen-bond acceptors (Lipinski definition) is 4. The Morgan fingerprint density at radius 3 is 1.17 bits per heavy atom. The van der Waals surface area contributed by atoms with Gasteiger partial charge in [0.05, 0.1) is 38.2 Å². The van der Waals surface area contributed by atoms with Crippen LogP contribution in [0.1, 0.15) is 62.5 Å².